The van der Waals surface area contributed by atoms with Crippen molar-refractivity contribution in [2.45, 2.75) is 31.5 Å². The lowest BCUT2D eigenvalue weighted by Crippen LogP contribution is -2.41. The van der Waals surface area contributed by atoms with E-state index in [1.54, 1.807) is 0 Å². The van der Waals surface area contributed by atoms with E-state index in [2.05, 4.69) is 5.32 Å². The summed E-state index contributed by atoms with van der Waals surface area (Å²) in [6.07, 6.45) is -2.23. The van der Waals surface area contributed by atoms with Gasteiger partial charge in [-0.15, -0.1) is 0 Å². The summed E-state index contributed by atoms with van der Waals surface area (Å²) in [5.41, 5.74) is -0.850. The summed E-state index contributed by atoms with van der Waals surface area (Å²) in [7, 11) is 0. The van der Waals surface area contributed by atoms with Crippen LogP contribution in [0.5, 0.6) is 0 Å². The van der Waals surface area contributed by atoms with Crippen LogP contribution in [0.15, 0.2) is 24.3 Å². The van der Waals surface area contributed by atoms with Gasteiger partial charge in [0.2, 0.25) is 0 Å². The van der Waals surface area contributed by atoms with Crippen LogP contribution in [0.3, 0.4) is 0 Å². The monoisotopic (exact) mass is 301 g/mol. The molecule has 0 aliphatic heterocycles. The number of aliphatic carboxylic acids is 1. The fourth-order valence-corrected chi connectivity index (χ4v) is 1.96. The van der Waals surface area contributed by atoms with Crippen LogP contribution in [0.4, 0.5) is 13.2 Å². The van der Waals surface area contributed by atoms with Gasteiger partial charge < -0.3 is 10.4 Å². The van der Waals surface area contributed by atoms with E-state index in [-0.39, 0.29) is 5.56 Å². The van der Waals surface area contributed by atoms with Gasteiger partial charge in [-0.1, -0.05) is 12.8 Å². The van der Waals surface area contributed by atoms with Crippen LogP contribution in [0, 0.1) is 5.92 Å². The van der Waals surface area contributed by atoms with E-state index in [9.17, 15) is 22.8 Å². The van der Waals surface area contributed by atoms with Crippen molar-refractivity contribution in [1.29, 1.82) is 0 Å². The van der Waals surface area contributed by atoms with Crippen LogP contribution in [0.2, 0.25) is 0 Å². The van der Waals surface area contributed by atoms with Crippen LogP contribution in [0.25, 0.3) is 0 Å². The van der Waals surface area contributed by atoms with E-state index in [1.165, 1.54) is 0 Å². The molecule has 0 radical (unpaired) electrons. The number of hydrogen-bond acceptors (Lipinski definition) is 2. The van der Waals surface area contributed by atoms with Gasteiger partial charge in [0.15, 0.2) is 0 Å². The van der Waals surface area contributed by atoms with E-state index in [1.807, 2.05) is 0 Å². The summed E-state index contributed by atoms with van der Waals surface area (Å²) >= 11 is 0. The molecule has 2 N–H and O–H groups in total. The molecular weight excluding hydrogens is 287 g/mol. The Bertz CT molecular complexity index is 535. The Morgan fingerprint density at radius 2 is 1.81 bits per heavy atom. The van der Waals surface area contributed by atoms with Crippen LogP contribution in [-0.2, 0) is 11.0 Å². The molecule has 1 fully saturated rings. The first-order chi connectivity index (χ1) is 9.77. The van der Waals surface area contributed by atoms with Crippen molar-refractivity contribution in [3.8, 4) is 0 Å². The zero-order valence-corrected chi connectivity index (χ0v) is 11.0. The maximum absolute atomic E-state index is 12.4. The predicted octanol–water partition coefficient (Wildman–Crippen LogP) is 2.69. The SMILES string of the molecule is O=C(NC(CC1CC1)C(=O)O)c1ccc(C(F)(F)F)cc1. The number of halogens is 3. The molecule has 114 valence electrons. The van der Waals surface area contributed by atoms with E-state index < -0.39 is 29.7 Å². The molecular formula is C14H14F3NO3. The first-order valence-electron chi connectivity index (χ1n) is 6.48. The molecule has 0 heterocycles. The molecule has 1 aromatic carbocycles. The molecule has 0 saturated heterocycles. The molecule has 1 aliphatic rings. The first-order valence-corrected chi connectivity index (χ1v) is 6.48. The molecule has 2 rings (SSSR count). The number of carbonyl (C=O) groups excluding carboxylic acids is 1. The fraction of sp³-hybridized carbons (Fsp3) is 0.429. The summed E-state index contributed by atoms with van der Waals surface area (Å²) < 4.78 is 37.2. The number of carboxylic acids is 1. The summed E-state index contributed by atoms with van der Waals surface area (Å²) in [5.74, 6) is -1.52. The smallest absolute Gasteiger partial charge is 0.416 e. The molecule has 0 bridgehead atoms. The fourth-order valence-electron chi connectivity index (χ4n) is 1.96. The van der Waals surface area contributed by atoms with Crippen LogP contribution in [0.1, 0.15) is 35.2 Å². The third kappa shape index (κ3) is 4.21. The molecule has 1 saturated carbocycles. The zero-order valence-electron chi connectivity index (χ0n) is 11.0. The second kappa shape index (κ2) is 5.75. The van der Waals surface area contributed by atoms with E-state index in [0.717, 1.165) is 37.1 Å². The van der Waals surface area contributed by atoms with Gasteiger partial charge in [-0.2, -0.15) is 13.2 Å². The van der Waals surface area contributed by atoms with E-state index >= 15 is 0 Å². The lowest BCUT2D eigenvalue weighted by atomic mass is 10.1. The van der Waals surface area contributed by atoms with Crippen molar-refractivity contribution in [3.63, 3.8) is 0 Å². The van der Waals surface area contributed by atoms with Crippen molar-refractivity contribution < 1.29 is 27.9 Å². The normalized spacial score (nSPS) is 16.3. The Morgan fingerprint density at radius 1 is 1.24 bits per heavy atom. The van der Waals surface area contributed by atoms with Gasteiger partial charge in [-0.3, -0.25) is 4.79 Å². The highest BCUT2D eigenvalue weighted by molar-refractivity contribution is 5.96. The minimum absolute atomic E-state index is 0.00467. The number of benzene rings is 1. The van der Waals surface area contributed by atoms with Gasteiger partial charge in [-0.25, -0.2) is 4.79 Å². The predicted molar refractivity (Wildman–Crippen MR) is 67.7 cm³/mol. The highest BCUT2D eigenvalue weighted by Gasteiger charge is 2.32. The lowest BCUT2D eigenvalue weighted by Gasteiger charge is -2.14. The Hall–Kier alpha value is -2.05. The highest BCUT2D eigenvalue weighted by atomic mass is 19.4. The van der Waals surface area contributed by atoms with Gasteiger partial charge >= 0.3 is 12.1 Å². The molecule has 1 aliphatic carbocycles. The number of carboxylic acid groups (broad SMARTS) is 1. The Labute approximate surface area is 119 Å². The third-order valence-electron chi connectivity index (χ3n) is 3.34. The number of rotatable bonds is 5. The summed E-state index contributed by atoms with van der Waals surface area (Å²) in [4.78, 5) is 22.9. The standard InChI is InChI=1S/C14H14F3NO3/c15-14(16,17)10-5-3-9(4-6-10)12(19)18-11(13(20)21)7-8-1-2-8/h3-6,8,11H,1-2,7H2,(H,18,19)(H,20,21). The molecule has 1 atom stereocenters. The second-order valence-corrected chi connectivity index (χ2v) is 5.12. The largest absolute Gasteiger partial charge is 0.480 e. The van der Waals surface area contributed by atoms with Crippen molar-refractivity contribution in [2.24, 2.45) is 5.92 Å². The molecule has 1 aromatic rings. The van der Waals surface area contributed by atoms with Gasteiger partial charge in [0.1, 0.15) is 6.04 Å². The first kappa shape index (κ1) is 15.3. The molecule has 4 nitrogen and oxygen atoms in total. The van der Waals surface area contributed by atoms with Crippen molar-refractivity contribution in [1.82, 2.24) is 5.32 Å². The number of amides is 1. The van der Waals surface area contributed by atoms with Crippen LogP contribution in [-0.4, -0.2) is 23.0 Å². The second-order valence-electron chi connectivity index (χ2n) is 5.12. The number of hydrogen-bond donors (Lipinski definition) is 2. The average molecular weight is 301 g/mol. The Kier molecular flexibility index (Phi) is 4.20. The average Bonchev–Trinajstić information content (AvgIpc) is 3.21. The number of carbonyl (C=O) groups is 2. The van der Waals surface area contributed by atoms with E-state index in [4.69, 9.17) is 5.11 Å². The Morgan fingerprint density at radius 3 is 2.24 bits per heavy atom. The summed E-state index contributed by atoms with van der Waals surface area (Å²) in [5, 5.41) is 11.4. The summed E-state index contributed by atoms with van der Waals surface area (Å²) in [6, 6.07) is 2.66. The van der Waals surface area contributed by atoms with Crippen molar-refractivity contribution >= 4 is 11.9 Å². The third-order valence-corrected chi connectivity index (χ3v) is 3.34. The van der Waals surface area contributed by atoms with Gasteiger partial charge in [0.05, 0.1) is 5.56 Å². The Balaban J connectivity index is 2.03. The van der Waals surface area contributed by atoms with Crippen molar-refractivity contribution in [3.05, 3.63) is 35.4 Å². The minimum Gasteiger partial charge on any atom is -0.480 e. The molecule has 0 spiro atoms. The number of nitrogens with one attached hydrogen (secondary N) is 1. The molecule has 21 heavy (non-hydrogen) atoms. The molecule has 7 heteroatoms. The quantitative estimate of drug-likeness (QED) is 0.878. The van der Waals surface area contributed by atoms with Gasteiger partial charge in [-0.05, 0) is 36.6 Å². The molecule has 1 amide bonds. The lowest BCUT2D eigenvalue weighted by molar-refractivity contribution is -0.139. The molecule has 1 unspecified atom stereocenters. The number of alkyl halides is 3. The van der Waals surface area contributed by atoms with Crippen LogP contribution < -0.4 is 5.32 Å². The summed E-state index contributed by atoms with van der Waals surface area (Å²) in [6.45, 7) is 0. The van der Waals surface area contributed by atoms with Crippen molar-refractivity contribution in [2.75, 3.05) is 0 Å². The van der Waals surface area contributed by atoms with Crippen LogP contribution >= 0.6 is 0 Å². The maximum atomic E-state index is 12.4. The van der Waals surface area contributed by atoms with Gasteiger partial charge in [0.25, 0.3) is 5.91 Å². The zero-order chi connectivity index (χ0) is 15.6. The minimum atomic E-state index is -4.47. The topological polar surface area (TPSA) is 66.4 Å². The molecule has 0 aromatic heterocycles. The highest BCUT2D eigenvalue weighted by Crippen LogP contribution is 2.33. The maximum Gasteiger partial charge on any atom is 0.416 e. The van der Waals surface area contributed by atoms with Gasteiger partial charge in [0, 0.05) is 5.56 Å². The van der Waals surface area contributed by atoms with E-state index in [0.29, 0.717) is 12.3 Å².